The molecule has 0 heterocycles. The molecule has 0 bridgehead atoms. The summed E-state index contributed by atoms with van der Waals surface area (Å²) in [6.07, 6.45) is 24.4. The average Bonchev–Trinajstić information content (AvgIpc) is 2.68. The summed E-state index contributed by atoms with van der Waals surface area (Å²) >= 11 is 0. The van der Waals surface area contributed by atoms with Gasteiger partial charge in [-0.3, -0.25) is 0 Å². The molecule has 0 unspecified atom stereocenters. The van der Waals surface area contributed by atoms with E-state index in [1.807, 2.05) is 0 Å². The molecule has 0 aromatic heterocycles. The monoisotopic (exact) mass is 502 g/mol. The molecule has 1 N–H and O–H groups in total. The zero-order chi connectivity index (χ0) is 20.3. The van der Waals surface area contributed by atoms with Gasteiger partial charge >= 0.3 is 0 Å². The highest BCUT2D eigenvalue weighted by Crippen LogP contribution is 2.15. The lowest BCUT2D eigenvalue weighted by molar-refractivity contribution is -0.872. The van der Waals surface area contributed by atoms with E-state index in [4.69, 9.17) is 0 Å². The molecule has 1 aromatic rings. The van der Waals surface area contributed by atoms with Gasteiger partial charge in [0.15, 0.2) is 0 Å². The van der Waals surface area contributed by atoms with E-state index in [2.05, 4.69) is 45.3 Å². The fourth-order valence-electron chi connectivity index (χ4n) is 4.22. The van der Waals surface area contributed by atoms with Crippen LogP contribution in [-0.4, -0.2) is 14.1 Å². The van der Waals surface area contributed by atoms with Crippen molar-refractivity contribution in [1.82, 2.24) is 0 Å². The second-order valence-electron chi connectivity index (χ2n) is 9.21. The summed E-state index contributed by atoms with van der Waals surface area (Å²) in [4.78, 5) is 1.51. The third-order valence-corrected chi connectivity index (χ3v) is 5.96. The minimum atomic E-state index is 0. The molecule has 0 saturated heterocycles. The summed E-state index contributed by atoms with van der Waals surface area (Å²) in [5.41, 5.74) is 3.12. The lowest BCUT2D eigenvalue weighted by atomic mass is 9.99. The fourth-order valence-corrected chi connectivity index (χ4v) is 4.22. The van der Waals surface area contributed by atoms with Crippen molar-refractivity contribution in [3.8, 4) is 0 Å². The van der Waals surface area contributed by atoms with Gasteiger partial charge in [-0.2, -0.15) is 0 Å². The molecular weight excluding hydrogens is 454 g/mol. The third kappa shape index (κ3) is 18.7. The lowest BCUT2D eigenvalue weighted by Crippen LogP contribution is -3.04. The third-order valence-electron chi connectivity index (χ3n) is 5.96. The van der Waals surface area contributed by atoms with E-state index in [1.54, 1.807) is 11.1 Å². The molecule has 0 spiro atoms. The van der Waals surface area contributed by atoms with Gasteiger partial charge in [0.25, 0.3) is 0 Å². The maximum absolute atomic E-state index is 2.34. The molecule has 0 radical (unpaired) electrons. The van der Waals surface area contributed by atoms with Gasteiger partial charge in [0.05, 0.1) is 14.1 Å². The number of rotatable bonds is 19. The SMILES string of the molecule is CCCCCCCCCCCCCCCCCCc1ccccc1C[NH+](C)C.[Br-].[Cl-]. The number of hydrogen-bond acceptors (Lipinski definition) is 0. The first-order valence-electron chi connectivity index (χ1n) is 12.6. The van der Waals surface area contributed by atoms with Gasteiger partial charge in [0.2, 0.25) is 0 Å². The number of quaternary nitrogens is 1. The van der Waals surface area contributed by atoms with Crippen molar-refractivity contribution in [3.05, 3.63) is 35.4 Å². The fraction of sp³-hybridized carbons (Fsp3) is 0.778. The molecule has 0 aliphatic carbocycles. The van der Waals surface area contributed by atoms with Crippen LogP contribution in [0.2, 0.25) is 0 Å². The second kappa shape index (κ2) is 23.6. The van der Waals surface area contributed by atoms with Crippen molar-refractivity contribution < 1.29 is 34.3 Å². The van der Waals surface area contributed by atoms with Crippen LogP contribution in [0.15, 0.2) is 24.3 Å². The Kier molecular flexibility index (Phi) is 25.3. The average molecular weight is 504 g/mol. The van der Waals surface area contributed by atoms with Crippen LogP contribution in [0.25, 0.3) is 0 Å². The summed E-state index contributed by atoms with van der Waals surface area (Å²) in [5.74, 6) is 0. The highest BCUT2D eigenvalue weighted by Gasteiger charge is 2.04. The Bertz CT molecular complexity index is 464. The van der Waals surface area contributed by atoms with E-state index in [1.165, 1.54) is 114 Å². The van der Waals surface area contributed by atoms with E-state index in [-0.39, 0.29) is 29.4 Å². The van der Waals surface area contributed by atoms with E-state index in [9.17, 15) is 0 Å². The molecule has 1 aromatic carbocycles. The van der Waals surface area contributed by atoms with Gasteiger partial charge in [0.1, 0.15) is 6.54 Å². The van der Waals surface area contributed by atoms with Crippen LogP contribution >= 0.6 is 0 Å². The van der Waals surface area contributed by atoms with E-state index in [0.29, 0.717) is 0 Å². The van der Waals surface area contributed by atoms with Gasteiger partial charge in [0, 0.05) is 5.56 Å². The molecule has 0 aliphatic rings. The normalized spacial score (nSPS) is 10.7. The summed E-state index contributed by atoms with van der Waals surface area (Å²) in [6, 6.07) is 9.05. The Balaban J connectivity index is 0. The number of hydrogen-bond donors (Lipinski definition) is 1. The molecule has 0 fully saturated rings. The van der Waals surface area contributed by atoms with Gasteiger partial charge in [-0.1, -0.05) is 128 Å². The smallest absolute Gasteiger partial charge is 0.103 e. The molecule has 0 atom stereocenters. The van der Waals surface area contributed by atoms with E-state index in [0.717, 1.165) is 6.54 Å². The maximum Gasteiger partial charge on any atom is 0.103 e. The number of nitrogens with one attached hydrogen (secondary N) is 1. The number of aryl methyl sites for hydroxylation is 1. The van der Waals surface area contributed by atoms with Crippen molar-refractivity contribution >= 4 is 0 Å². The Morgan fingerprint density at radius 3 is 1.33 bits per heavy atom. The molecule has 1 rings (SSSR count). The topological polar surface area (TPSA) is 4.44 Å². The van der Waals surface area contributed by atoms with Crippen molar-refractivity contribution in [3.63, 3.8) is 0 Å². The molecule has 3 heteroatoms. The van der Waals surface area contributed by atoms with Crippen LogP contribution < -0.4 is 34.3 Å². The lowest BCUT2D eigenvalue weighted by Gasteiger charge is -2.12. The highest BCUT2D eigenvalue weighted by atomic mass is 79.9. The summed E-state index contributed by atoms with van der Waals surface area (Å²) in [7, 11) is 4.48. The van der Waals surface area contributed by atoms with Crippen LogP contribution in [0.1, 0.15) is 121 Å². The van der Waals surface area contributed by atoms with Crippen LogP contribution in [0, 0.1) is 0 Å². The summed E-state index contributed by atoms with van der Waals surface area (Å²) in [5, 5.41) is 0. The second-order valence-corrected chi connectivity index (χ2v) is 9.21. The molecule has 30 heavy (non-hydrogen) atoms. The van der Waals surface area contributed by atoms with Crippen molar-refractivity contribution in [1.29, 1.82) is 0 Å². The molecular formula is C27H50BrClN-. The first kappa shape index (κ1) is 32.1. The van der Waals surface area contributed by atoms with Crippen LogP contribution in [0.5, 0.6) is 0 Å². The van der Waals surface area contributed by atoms with Crippen LogP contribution in [0.3, 0.4) is 0 Å². The highest BCUT2D eigenvalue weighted by molar-refractivity contribution is 5.26. The number of unbranched alkanes of at least 4 members (excludes halogenated alkanes) is 15. The van der Waals surface area contributed by atoms with Crippen LogP contribution in [0.4, 0.5) is 0 Å². The molecule has 1 nitrogen and oxygen atoms in total. The zero-order valence-corrected chi connectivity index (χ0v) is 22.6. The standard InChI is InChI=1S/C27H49N.BrH.ClH/c1-4-5-6-7-8-9-10-11-12-13-14-15-16-17-18-19-22-26-23-20-21-24-27(26)25-28(2)3;;/h20-21,23-24H,4-19,22,25H2,1-3H3;2*1H/p-1. The number of benzene rings is 1. The van der Waals surface area contributed by atoms with Gasteiger partial charge in [-0.25, -0.2) is 0 Å². The Morgan fingerprint density at radius 1 is 0.567 bits per heavy atom. The molecule has 178 valence electrons. The molecule has 0 aliphatic heterocycles. The Morgan fingerprint density at radius 2 is 0.933 bits per heavy atom. The minimum absolute atomic E-state index is 0. The van der Waals surface area contributed by atoms with E-state index < -0.39 is 0 Å². The maximum atomic E-state index is 2.34. The predicted octanol–water partition coefficient (Wildman–Crippen LogP) is 1.14. The predicted molar refractivity (Wildman–Crippen MR) is 126 cm³/mol. The summed E-state index contributed by atoms with van der Waals surface area (Å²) in [6.45, 7) is 3.45. The van der Waals surface area contributed by atoms with Crippen molar-refractivity contribution in [2.24, 2.45) is 0 Å². The zero-order valence-electron chi connectivity index (χ0n) is 20.3. The minimum Gasteiger partial charge on any atom is -1.00 e. The molecule has 0 amide bonds. The quantitative estimate of drug-likeness (QED) is 0.270. The first-order chi connectivity index (χ1) is 13.7. The van der Waals surface area contributed by atoms with E-state index >= 15 is 0 Å². The first-order valence-corrected chi connectivity index (χ1v) is 12.6. The summed E-state index contributed by atoms with van der Waals surface area (Å²) < 4.78 is 0. The Labute approximate surface area is 206 Å². The van der Waals surface area contributed by atoms with Gasteiger partial charge < -0.3 is 34.3 Å². The number of halogens is 2. The molecule has 0 saturated carbocycles. The van der Waals surface area contributed by atoms with Gasteiger partial charge in [-0.05, 0) is 18.4 Å². The largest absolute Gasteiger partial charge is 1.00 e. The van der Waals surface area contributed by atoms with Gasteiger partial charge in [-0.15, -0.1) is 0 Å². The Hall–Kier alpha value is -0.0500. The van der Waals surface area contributed by atoms with Crippen molar-refractivity contribution in [2.45, 2.75) is 123 Å². The van der Waals surface area contributed by atoms with Crippen LogP contribution in [-0.2, 0) is 13.0 Å². The van der Waals surface area contributed by atoms with Crippen molar-refractivity contribution in [2.75, 3.05) is 14.1 Å².